The van der Waals surface area contributed by atoms with Crippen molar-refractivity contribution in [3.05, 3.63) is 83.4 Å². The van der Waals surface area contributed by atoms with Gasteiger partial charge in [-0.3, -0.25) is 4.79 Å². The lowest BCUT2D eigenvalue weighted by atomic mass is 10.00. The minimum atomic E-state index is -5.08. The summed E-state index contributed by atoms with van der Waals surface area (Å²) in [4.78, 5) is 37.2. The first-order valence-corrected chi connectivity index (χ1v) is 12.3. The number of carboxylic acid groups (broad SMARTS) is 1. The van der Waals surface area contributed by atoms with Gasteiger partial charge in [-0.2, -0.15) is 23.4 Å². The van der Waals surface area contributed by atoms with Gasteiger partial charge >= 0.3 is 18.2 Å². The van der Waals surface area contributed by atoms with E-state index in [4.69, 9.17) is 20.4 Å². The van der Waals surface area contributed by atoms with E-state index in [0.29, 0.717) is 28.9 Å². The van der Waals surface area contributed by atoms with Gasteiger partial charge in [0.1, 0.15) is 0 Å². The van der Waals surface area contributed by atoms with E-state index < -0.39 is 18.2 Å². The number of carbonyl (C=O) groups is 3. The number of ether oxygens (including phenoxy) is 1. The zero-order chi connectivity index (χ0) is 30.2. The normalized spacial score (nSPS) is 15.7. The molecule has 12 heteroatoms. The standard InChI is InChI=1S/C27H24N4O3.C2HF3O2/c1-2-34-27(33)30-16-24-21(8-5-9-25(24)29)22-14-23(22)26(32)31-19-12-10-17(11-13-19)20-7-4-3-6-18(20)15-28;3-2(4,5)1(6)7/h3-13,16,22-23H,2,14,29H2,1H3,(H,31,32);(H,6,7)/t22-,23-;/m1./s1. The molecular weight excluding hydrogens is 541 g/mol. The summed E-state index contributed by atoms with van der Waals surface area (Å²) in [6, 6.07) is 22.5. The molecule has 0 radical (unpaired) electrons. The molecule has 9 nitrogen and oxygen atoms in total. The van der Waals surface area contributed by atoms with Crippen LogP contribution in [0.3, 0.4) is 0 Å². The quantitative estimate of drug-likeness (QED) is 0.253. The van der Waals surface area contributed by atoms with E-state index in [2.05, 4.69) is 16.4 Å². The highest BCUT2D eigenvalue weighted by molar-refractivity contribution is 5.98. The number of nitrogen functional groups attached to an aromatic ring is 1. The van der Waals surface area contributed by atoms with Crippen LogP contribution in [0.1, 0.15) is 36.0 Å². The summed E-state index contributed by atoms with van der Waals surface area (Å²) < 4.78 is 36.6. The molecule has 0 aliphatic heterocycles. The number of aliphatic carboxylic acids is 1. The predicted molar refractivity (Wildman–Crippen MR) is 145 cm³/mol. The molecule has 1 fully saturated rings. The topological polar surface area (TPSA) is 155 Å². The van der Waals surface area contributed by atoms with Gasteiger partial charge < -0.3 is 20.9 Å². The second-order valence-electron chi connectivity index (χ2n) is 8.78. The number of benzene rings is 3. The Hall–Kier alpha value is -5.18. The van der Waals surface area contributed by atoms with Crippen LogP contribution in [0, 0.1) is 17.2 Å². The van der Waals surface area contributed by atoms with Crippen molar-refractivity contribution in [2.75, 3.05) is 17.7 Å². The third-order valence-electron chi connectivity index (χ3n) is 6.02. The van der Waals surface area contributed by atoms with Gasteiger partial charge in [-0.25, -0.2) is 9.59 Å². The number of nitrogens with zero attached hydrogens (tertiary/aromatic N) is 2. The zero-order valence-electron chi connectivity index (χ0n) is 21.7. The number of nitrogens with one attached hydrogen (secondary N) is 1. The number of rotatable bonds is 6. The molecule has 4 rings (SSSR count). The van der Waals surface area contributed by atoms with Crippen molar-refractivity contribution in [1.29, 1.82) is 5.26 Å². The maximum Gasteiger partial charge on any atom is 0.490 e. The number of carbonyl (C=O) groups excluding carboxylic acids is 2. The SMILES string of the molecule is CCOC(=O)N=Cc1c(N)cccc1[C@H]1C[C@H]1C(=O)Nc1ccc(-c2ccccc2C#N)cc1.O=C(O)C(F)(F)F. The van der Waals surface area contributed by atoms with Gasteiger partial charge in [-0.05, 0) is 60.2 Å². The zero-order valence-corrected chi connectivity index (χ0v) is 21.7. The molecule has 0 bridgehead atoms. The number of amides is 2. The Labute approximate surface area is 233 Å². The van der Waals surface area contributed by atoms with Crippen LogP contribution >= 0.6 is 0 Å². The van der Waals surface area contributed by atoms with Crippen molar-refractivity contribution in [3.63, 3.8) is 0 Å². The van der Waals surface area contributed by atoms with E-state index in [9.17, 15) is 28.0 Å². The number of carboxylic acids is 1. The molecule has 3 aromatic carbocycles. The fraction of sp³-hybridized carbons (Fsp3) is 0.207. The van der Waals surface area contributed by atoms with Crippen molar-refractivity contribution < 1.29 is 37.4 Å². The molecule has 0 aromatic heterocycles. The van der Waals surface area contributed by atoms with E-state index in [0.717, 1.165) is 16.7 Å². The summed E-state index contributed by atoms with van der Waals surface area (Å²) in [5, 5.41) is 19.4. The van der Waals surface area contributed by atoms with Crippen LogP contribution in [0.25, 0.3) is 11.1 Å². The van der Waals surface area contributed by atoms with Gasteiger partial charge in [-0.15, -0.1) is 0 Å². The molecule has 2 atom stereocenters. The Balaban J connectivity index is 0.000000587. The van der Waals surface area contributed by atoms with Crippen LogP contribution < -0.4 is 11.1 Å². The lowest BCUT2D eigenvalue weighted by Gasteiger charge is -2.10. The number of aliphatic imine (C=N–C) groups is 1. The molecule has 212 valence electrons. The Morgan fingerprint density at radius 3 is 2.39 bits per heavy atom. The monoisotopic (exact) mass is 566 g/mol. The van der Waals surface area contributed by atoms with E-state index in [-0.39, 0.29) is 24.3 Å². The molecule has 0 unspecified atom stereocenters. The largest absolute Gasteiger partial charge is 0.490 e. The Bertz CT molecular complexity index is 1500. The minimum Gasteiger partial charge on any atom is -0.475 e. The van der Waals surface area contributed by atoms with Gasteiger partial charge in [0.15, 0.2) is 0 Å². The number of alkyl halides is 3. The highest BCUT2D eigenvalue weighted by atomic mass is 19.4. The van der Waals surface area contributed by atoms with Gasteiger partial charge in [0.2, 0.25) is 5.91 Å². The van der Waals surface area contributed by atoms with Crippen LogP contribution in [0.5, 0.6) is 0 Å². The third kappa shape index (κ3) is 8.15. The summed E-state index contributed by atoms with van der Waals surface area (Å²) in [6.07, 6.45) is -3.67. The van der Waals surface area contributed by atoms with E-state index in [1.54, 1.807) is 19.1 Å². The Morgan fingerprint density at radius 2 is 1.78 bits per heavy atom. The lowest BCUT2D eigenvalue weighted by molar-refractivity contribution is -0.192. The molecule has 4 N–H and O–H groups in total. The Kier molecular flexibility index (Phi) is 9.81. The summed E-state index contributed by atoms with van der Waals surface area (Å²) in [5.74, 6) is -3.04. The van der Waals surface area contributed by atoms with Crippen molar-refractivity contribution in [2.45, 2.75) is 25.4 Å². The molecule has 1 saturated carbocycles. The maximum atomic E-state index is 12.9. The average Bonchev–Trinajstić information content (AvgIpc) is 3.74. The fourth-order valence-corrected chi connectivity index (χ4v) is 3.98. The minimum absolute atomic E-state index is 0.00563. The van der Waals surface area contributed by atoms with Crippen molar-refractivity contribution in [2.24, 2.45) is 10.9 Å². The summed E-state index contributed by atoms with van der Waals surface area (Å²) in [6.45, 7) is 1.95. The molecule has 2 amide bonds. The van der Waals surface area contributed by atoms with Gasteiger partial charge in [0, 0.05) is 29.1 Å². The van der Waals surface area contributed by atoms with Crippen molar-refractivity contribution in [3.8, 4) is 17.2 Å². The van der Waals surface area contributed by atoms with Crippen LogP contribution in [0.15, 0.2) is 71.7 Å². The fourth-order valence-electron chi connectivity index (χ4n) is 3.98. The van der Waals surface area contributed by atoms with Crippen LogP contribution in [0.4, 0.5) is 29.3 Å². The first kappa shape index (κ1) is 30.4. The smallest absolute Gasteiger partial charge is 0.475 e. The predicted octanol–water partition coefficient (Wildman–Crippen LogP) is 5.76. The highest BCUT2D eigenvalue weighted by Gasteiger charge is 2.45. The molecule has 0 heterocycles. The second-order valence-corrected chi connectivity index (χ2v) is 8.78. The number of halogens is 3. The molecule has 41 heavy (non-hydrogen) atoms. The Morgan fingerprint density at radius 1 is 1.12 bits per heavy atom. The van der Waals surface area contributed by atoms with Crippen LogP contribution in [0.2, 0.25) is 0 Å². The summed E-state index contributed by atoms with van der Waals surface area (Å²) >= 11 is 0. The number of nitrogens with two attached hydrogens (primary N) is 1. The van der Waals surface area contributed by atoms with E-state index >= 15 is 0 Å². The van der Waals surface area contributed by atoms with Gasteiger partial charge in [-0.1, -0.05) is 42.5 Å². The van der Waals surface area contributed by atoms with E-state index in [1.165, 1.54) is 6.21 Å². The summed E-state index contributed by atoms with van der Waals surface area (Å²) in [5.41, 5.74) is 11.2. The number of hydrogen-bond donors (Lipinski definition) is 3. The molecule has 3 aromatic rings. The number of nitriles is 1. The number of hydrogen-bond acceptors (Lipinski definition) is 6. The molecule has 1 aliphatic rings. The van der Waals surface area contributed by atoms with Gasteiger partial charge in [0.05, 0.1) is 18.2 Å². The lowest BCUT2D eigenvalue weighted by Crippen LogP contribution is -2.21. The summed E-state index contributed by atoms with van der Waals surface area (Å²) in [7, 11) is 0. The first-order valence-electron chi connectivity index (χ1n) is 12.3. The number of anilines is 2. The highest BCUT2D eigenvalue weighted by Crippen LogP contribution is 2.49. The average molecular weight is 567 g/mol. The molecular formula is C29H25F3N4O5. The molecule has 0 saturated heterocycles. The maximum absolute atomic E-state index is 12.9. The van der Waals surface area contributed by atoms with Crippen LogP contribution in [-0.2, 0) is 14.3 Å². The van der Waals surface area contributed by atoms with Crippen LogP contribution in [-0.4, -0.2) is 42.1 Å². The second kappa shape index (κ2) is 13.3. The van der Waals surface area contributed by atoms with Crippen molar-refractivity contribution in [1.82, 2.24) is 0 Å². The van der Waals surface area contributed by atoms with Gasteiger partial charge in [0.25, 0.3) is 0 Å². The van der Waals surface area contributed by atoms with Crippen molar-refractivity contribution >= 4 is 35.6 Å². The third-order valence-corrected chi connectivity index (χ3v) is 6.02. The molecule has 0 spiro atoms. The molecule has 1 aliphatic carbocycles. The van der Waals surface area contributed by atoms with E-state index in [1.807, 2.05) is 54.6 Å². The first-order chi connectivity index (χ1) is 19.5.